The first-order valence-electron chi connectivity index (χ1n) is 15.1. The van der Waals surface area contributed by atoms with Crippen molar-refractivity contribution in [3.8, 4) is 0 Å². The monoisotopic (exact) mass is 498 g/mol. The summed E-state index contributed by atoms with van der Waals surface area (Å²) in [5.41, 5.74) is 4.11. The van der Waals surface area contributed by atoms with Crippen molar-refractivity contribution in [1.29, 1.82) is 0 Å². The molecule has 0 amide bonds. The van der Waals surface area contributed by atoms with Crippen molar-refractivity contribution in [2.45, 2.75) is 102 Å². The molecule has 1 heteroatoms. The van der Waals surface area contributed by atoms with Gasteiger partial charge < -0.3 is 4.74 Å². The van der Waals surface area contributed by atoms with E-state index in [1.807, 2.05) is 0 Å². The highest BCUT2D eigenvalue weighted by Crippen LogP contribution is 2.43. The van der Waals surface area contributed by atoms with E-state index in [0.29, 0.717) is 0 Å². The molecule has 0 bridgehead atoms. The molecular formula is C36H50O. The summed E-state index contributed by atoms with van der Waals surface area (Å²) >= 11 is 0. The van der Waals surface area contributed by atoms with Gasteiger partial charge in [-0.05, 0) is 36.0 Å². The molecule has 0 aliphatic carbocycles. The highest BCUT2D eigenvalue weighted by molar-refractivity contribution is 5.50. The lowest BCUT2D eigenvalue weighted by atomic mass is 9.66. The molecule has 37 heavy (non-hydrogen) atoms. The fourth-order valence-corrected chi connectivity index (χ4v) is 5.67. The number of unbranched alkanes of at least 4 members (excludes halogenated alkanes) is 11. The number of ether oxygens (including phenoxy) is 1. The maximum absolute atomic E-state index is 5.73. The van der Waals surface area contributed by atoms with Gasteiger partial charge in [-0.1, -0.05) is 169 Å². The Morgan fingerprint density at radius 3 is 1.19 bits per heavy atom. The molecule has 3 aromatic carbocycles. The van der Waals surface area contributed by atoms with Gasteiger partial charge in [0, 0.05) is 18.6 Å². The van der Waals surface area contributed by atoms with E-state index in [-0.39, 0.29) is 5.41 Å². The Kier molecular flexibility index (Phi) is 14.2. The van der Waals surface area contributed by atoms with Gasteiger partial charge in [-0.25, -0.2) is 0 Å². The fourth-order valence-electron chi connectivity index (χ4n) is 5.67. The van der Waals surface area contributed by atoms with Gasteiger partial charge in [-0.2, -0.15) is 0 Å². The first-order chi connectivity index (χ1) is 18.4. The third-order valence-electron chi connectivity index (χ3n) is 7.78. The van der Waals surface area contributed by atoms with E-state index >= 15 is 0 Å². The predicted octanol–water partition coefficient (Wildman–Crippen LogP) is 10.5. The molecule has 0 aliphatic heterocycles. The molecule has 0 saturated carbocycles. The van der Waals surface area contributed by atoms with Gasteiger partial charge in [0.25, 0.3) is 0 Å². The highest BCUT2D eigenvalue weighted by Gasteiger charge is 2.35. The van der Waals surface area contributed by atoms with E-state index in [2.05, 4.69) is 97.9 Å². The van der Waals surface area contributed by atoms with Crippen molar-refractivity contribution in [1.82, 2.24) is 0 Å². The van der Waals surface area contributed by atoms with Crippen LogP contribution in [-0.4, -0.2) is 13.2 Å². The van der Waals surface area contributed by atoms with Gasteiger partial charge >= 0.3 is 0 Å². The van der Waals surface area contributed by atoms with Crippen molar-refractivity contribution in [2.75, 3.05) is 13.2 Å². The Bertz CT molecular complexity index is 822. The summed E-state index contributed by atoms with van der Waals surface area (Å²) in [6.07, 6.45) is 18.3. The lowest BCUT2D eigenvalue weighted by Gasteiger charge is -2.36. The van der Waals surface area contributed by atoms with Crippen LogP contribution in [0, 0.1) is 0 Å². The molecule has 0 atom stereocenters. The van der Waals surface area contributed by atoms with E-state index in [1.165, 1.54) is 100 Å². The Labute approximate surface area is 227 Å². The van der Waals surface area contributed by atoms with E-state index in [1.54, 1.807) is 0 Å². The number of hydrogen-bond donors (Lipinski definition) is 0. The molecular weight excluding hydrogens is 448 g/mol. The highest BCUT2D eigenvalue weighted by atomic mass is 16.5. The zero-order valence-corrected chi connectivity index (χ0v) is 23.4. The van der Waals surface area contributed by atoms with Crippen molar-refractivity contribution in [3.05, 3.63) is 108 Å². The smallest absolute Gasteiger partial charge is 0.0466 e. The van der Waals surface area contributed by atoms with Crippen molar-refractivity contribution >= 4 is 0 Å². The molecule has 0 fully saturated rings. The second-order valence-electron chi connectivity index (χ2n) is 10.6. The molecule has 0 heterocycles. The molecule has 0 unspecified atom stereocenters. The molecule has 3 aromatic rings. The minimum atomic E-state index is -0.0938. The molecule has 0 N–H and O–H groups in total. The standard InChI is InChI=1S/C36H50O/c1-2-3-22-31-37-32-23-11-9-7-5-4-6-8-10-21-30-36(33-24-15-12-16-25-33,34-26-17-13-18-27-34)35-28-19-14-20-29-35/h12-20,24-29H,2-11,21-23,30-32H2,1H3. The van der Waals surface area contributed by atoms with Gasteiger partial charge in [-0.3, -0.25) is 0 Å². The molecule has 3 rings (SSSR count). The van der Waals surface area contributed by atoms with Gasteiger partial charge in [0.15, 0.2) is 0 Å². The quantitative estimate of drug-likeness (QED) is 0.111. The Morgan fingerprint density at radius 1 is 0.432 bits per heavy atom. The Morgan fingerprint density at radius 2 is 0.784 bits per heavy atom. The van der Waals surface area contributed by atoms with E-state index in [9.17, 15) is 0 Å². The lowest BCUT2D eigenvalue weighted by molar-refractivity contribution is 0.126. The zero-order valence-electron chi connectivity index (χ0n) is 23.4. The van der Waals surface area contributed by atoms with Crippen LogP contribution in [0.3, 0.4) is 0 Å². The number of benzene rings is 3. The van der Waals surface area contributed by atoms with E-state index in [0.717, 1.165) is 19.6 Å². The predicted molar refractivity (Wildman–Crippen MR) is 160 cm³/mol. The summed E-state index contributed by atoms with van der Waals surface area (Å²) in [6, 6.07) is 33.4. The second kappa shape index (κ2) is 18.0. The molecule has 0 radical (unpaired) electrons. The molecule has 0 aromatic heterocycles. The molecule has 0 saturated heterocycles. The molecule has 0 spiro atoms. The summed E-state index contributed by atoms with van der Waals surface area (Å²) in [5.74, 6) is 0. The summed E-state index contributed by atoms with van der Waals surface area (Å²) in [6.45, 7) is 4.16. The zero-order chi connectivity index (χ0) is 25.9. The third-order valence-corrected chi connectivity index (χ3v) is 7.78. The lowest BCUT2D eigenvalue weighted by Crippen LogP contribution is -2.29. The first kappa shape index (κ1) is 29.2. The van der Waals surface area contributed by atoms with Crippen LogP contribution in [-0.2, 0) is 10.2 Å². The van der Waals surface area contributed by atoms with Gasteiger partial charge in [-0.15, -0.1) is 0 Å². The fraction of sp³-hybridized carbons (Fsp3) is 0.500. The van der Waals surface area contributed by atoms with Crippen LogP contribution < -0.4 is 0 Å². The van der Waals surface area contributed by atoms with Crippen LogP contribution >= 0.6 is 0 Å². The van der Waals surface area contributed by atoms with E-state index in [4.69, 9.17) is 4.74 Å². The van der Waals surface area contributed by atoms with Crippen LogP contribution in [0.5, 0.6) is 0 Å². The Balaban J connectivity index is 1.41. The largest absolute Gasteiger partial charge is 0.381 e. The minimum absolute atomic E-state index is 0.0938. The number of rotatable bonds is 20. The average Bonchev–Trinajstić information content (AvgIpc) is 2.96. The van der Waals surface area contributed by atoms with Crippen molar-refractivity contribution in [3.63, 3.8) is 0 Å². The molecule has 1 nitrogen and oxygen atoms in total. The van der Waals surface area contributed by atoms with Crippen LogP contribution in [0.4, 0.5) is 0 Å². The van der Waals surface area contributed by atoms with Gasteiger partial charge in [0.2, 0.25) is 0 Å². The SMILES string of the molecule is CCCCCOCCCCCCCCCCCCC(c1ccccc1)(c1ccccc1)c1ccccc1. The Hall–Kier alpha value is -2.38. The summed E-state index contributed by atoms with van der Waals surface area (Å²) in [7, 11) is 0. The first-order valence-corrected chi connectivity index (χ1v) is 15.1. The number of hydrogen-bond acceptors (Lipinski definition) is 1. The summed E-state index contributed by atoms with van der Waals surface area (Å²) < 4.78 is 5.73. The second-order valence-corrected chi connectivity index (χ2v) is 10.6. The normalized spacial score (nSPS) is 11.6. The van der Waals surface area contributed by atoms with E-state index < -0.39 is 0 Å². The average molecular weight is 499 g/mol. The van der Waals surface area contributed by atoms with Crippen LogP contribution in [0.15, 0.2) is 91.0 Å². The van der Waals surface area contributed by atoms with Crippen molar-refractivity contribution in [2.24, 2.45) is 0 Å². The third kappa shape index (κ3) is 9.78. The topological polar surface area (TPSA) is 9.23 Å². The summed E-state index contributed by atoms with van der Waals surface area (Å²) in [4.78, 5) is 0. The van der Waals surface area contributed by atoms with Crippen LogP contribution in [0.2, 0.25) is 0 Å². The summed E-state index contributed by atoms with van der Waals surface area (Å²) in [5, 5.41) is 0. The maximum atomic E-state index is 5.73. The van der Waals surface area contributed by atoms with Gasteiger partial charge in [0.05, 0.1) is 0 Å². The maximum Gasteiger partial charge on any atom is 0.0466 e. The van der Waals surface area contributed by atoms with Crippen LogP contribution in [0.1, 0.15) is 114 Å². The van der Waals surface area contributed by atoms with Gasteiger partial charge in [0.1, 0.15) is 0 Å². The molecule has 0 aliphatic rings. The molecule has 200 valence electrons. The van der Waals surface area contributed by atoms with Crippen molar-refractivity contribution < 1.29 is 4.74 Å². The minimum Gasteiger partial charge on any atom is -0.381 e. The van der Waals surface area contributed by atoms with Crippen LogP contribution in [0.25, 0.3) is 0 Å².